The Morgan fingerprint density at radius 2 is 2.00 bits per heavy atom. The second-order valence-corrected chi connectivity index (χ2v) is 8.82. The Bertz CT molecular complexity index is 1120. The van der Waals surface area contributed by atoms with Gasteiger partial charge in [0.1, 0.15) is 0 Å². The van der Waals surface area contributed by atoms with Crippen LogP contribution in [0, 0.1) is 0 Å². The van der Waals surface area contributed by atoms with E-state index in [0.717, 1.165) is 62.0 Å². The molecule has 2 unspecified atom stereocenters. The number of nitrogens with zero attached hydrogens (tertiary/aromatic N) is 2. The number of aromatic nitrogens is 1. The maximum atomic E-state index is 12.0. The Balaban J connectivity index is 1.59. The van der Waals surface area contributed by atoms with E-state index in [-0.39, 0.29) is 11.9 Å². The van der Waals surface area contributed by atoms with Gasteiger partial charge in [0.25, 0.3) is 0 Å². The molecule has 1 fully saturated rings. The average Bonchev–Trinajstić information content (AvgIpc) is 3.29. The lowest BCUT2D eigenvalue weighted by Crippen LogP contribution is -2.40. The molecule has 30 heavy (non-hydrogen) atoms. The lowest BCUT2D eigenvalue weighted by Gasteiger charge is -2.32. The van der Waals surface area contributed by atoms with E-state index < -0.39 is 0 Å². The summed E-state index contributed by atoms with van der Waals surface area (Å²) in [6, 6.07) is 10.3. The molecule has 2 heterocycles. The molecule has 2 aliphatic rings. The van der Waals surface area contributed by atoms with Crippen molar-refractivity contribution in [1.82, 2.24) is 9.47 Å². The smallest absolute Gasteiger partial charge is 0.159 e. The minimum atomic E-state index is -0.377. The standard InChI is InChI=1S/C25H30N2O3/c1-16(28)17-5-8-22-21(14-17)25-20-7-10-24(29)19(20)6-9-23(25)27(22)13-12-26-11-3-4-18(15-26)30-2/h5-6,8-9,14,18,24,29H,3-4,7,10-13,15H2,1-2H3. The normalized spacial score (nSPS) is 22.1. The van der Waals surface area contributed by atoms with E-state index in [1.54, 1.807) is 6.92 Å². The second kappa shape index (κ2) is 7.80. The number of piperidine rings is 1. The fourth-order valence-corrected chi connectivity index (χ4v) is 5.41. The van der Waals surface area contributed by atoms with Crippen molar-refractivity contribution in [1.29, 1.82) is 0 Å². The van der Waals surface area contributed by atoms with Crippen LogP contribution >= 0.6 is 0 Å². The number of carbonyl (C=O) groups excluding carboxylic acids is 1. The highest BCUT2D eigenvalue weighted by molar-refractivity contribution is 6.12. The molecule has 1 aromatic heterocycles. The summed E-state index contributed by atoms with van der Waals surface area (Å²) >= 11 is 0. The van der Waals surface area contributed by atoms with Gasteiger partial charge in [-0.05, 0) is 74.5 Å². The third kappa shape index (κ3) is 3.25. The average molecular weight is 407 g/mol. The van der Waals surface area contributed by atoms with Crippen molar-refractivity contribution in [2.45, 2.75) is 51.4 Å². The third-order valence-corrected chi connectivity index (χ3v) is 7.04. The summed E-state index contributed by atoms with van der Waals surface area (Å²) in [5, 5.41) is 12.8. The molecule has 0 radical (unpaired) electrons. The first kappa shape index (κ1) is 19.7. The van der Waals surface area contributed by atoms with Crippen LogP contribution in [0.5, 0.6) is 0 Å². The highest BCUT2D eigenvalue weighted by atomic mass is 16.5. The molecular formula is C25H30N2O3. The van der Waals surface area contributed by atoms with Gasteiger partial charge in [-0.1, -0.05) is 6.07 Å². The molecule has 1 aliphatic carbocycles. The summed E-state index contributed by atoms with van der Waals surface area (Å²) in [5.74, 6) is 0.0873. The summed E-state index contributed by atoms with van der Waals surface area (Å²) in [5.41, 5.74) is 5.43. The Morgan fingerprint density at radius 3 is 2.80 bits per heavy atom. The number of fused-ring (bicyclic) bond motifs is 5. The van der Waals surface area contributed by atoms with E-state index in [2.05, 4.69) is 27.7 Å². The number of ether oxygens (including phenoxy) is 1. The summed E-state index contributed by atoms with van der Waals surface area (Å²) < 4.78 is 7.99. The number of benzene rings is 2. The molecule has 0 bridgehead atoms. The van der Waals surface area contributed by atoms with Crippen LogP contribution in [0.25, 0.3) is 21.8 Å². The van der Waals surface area contributed by atoms with Gasteiger partial charge >= 0.3 is 0 Å². The van der Waals surface area contributed by atoms with E-state index in [9.17, 15) is 9.90 Å². The van der Waals surface area contributed by atoms with Gasteiger partial charge in [0.05, 0.1) is 12.2 Å². The Hall–Kier alpha value is -2.21. The lowest BCUT2D eigenvalue weighted by molar-refractivity contribution is 0.0305. The minimum absolute atomic E-state index is 0.0873. The number of aryl methyl sites for hydroxylation is 1. The molecule has 158 valence electrons. The first-order valence-electron chi connectivity index (χ1n) is 11.1. The van der Waals surface area contributed by atoms with E-state index in [4.69, 9.17) is 4.74 Å². The predicted octanol–water partition coefficient (Wildman–Crippen LogP) is 4.09. The number of ketones is 1. The van der Waals surface area contributed by atoms with Crippen LogP contribution in [0.1, 0.15) is 53.8 Å². The molecule has 0 saturated carbocycles. The molecule has 5 nitrogen and oxygen atoms in total. The van der Waals surface area contributed by atoms with Crippen LogP contribution in [0.3, 0.4) is 0 Å². The molecule has 0 amide bonds. The van der Waals surface area contributed by atoms with Crippen molar-refractivity contribution >= 4 is 27.6 Å². The molecule has 5 rings (SSSR count). The van der Waals surface area contributed by atoms with Crippen molar-refractivity contribution in [3.8, 4) is 0 Å². The van der Waals surface area contributed by atoms with Crippen molar-refractivity contribution in [3.63, 3.8) is 0 Å². The van der Waals surface area contributed by atoms with Gasteiger partial charge in [0.15, 0.2) is 5.78 Å². The minimum Gasteiger partial charge on any atom is -0.388 e. The highest BCUT2D eigenvalue weighted by Crippen LogP contribution is 2.41. The Kier molecular flexibility index (Phi) is 5.13. The number of rotatable bonds is 5. The monoisotopic (exact) mass is 406 g/mol. The SMILES string of the molecule is COC1CCCN(CCn2c3ccc(C(C)=O)cc3c3c4c(ccc32)C(O)CC4)C1. The number of carbonyl (C=O) groups is 1. The topological polar surface area (TPSA) is 54.7 Å². The maximum Gasteiger partial charge on any atom is 0.159 e. The van der Waals surface area contributed by atoms with E-state index in [1.807, 2.05) is 19.2 Å². The summed E-state index contributed by atoms with van der Waals surface area (Å²) in [4.78, 5) is 14.5. The first-order chi connectivity index (χ1) is 14.6. The van der Waals surface area contributed by atoms with Crippen LogP contribution in [-0.2, 0) is 17.7 Å². The van der Waals surface area contributed by atoms with Crippen LogP contribution in [0.4, 0.5) is 0 Å². The van der Waals surface area contributed by atoms with Gasteiger partial charge in [0.2, 0.25) is 0 Å². The van der Waals surface area contributed by atoms with Gasteiger partial charge < -0.3 is 14.4 Å². The third-order valence-electron chi connectivity index (χ3n) is 7.04. The summed E-state index contributed by atoms with van der Waals surface area (Å²) in [6.45, 7) is 5.61. The number of hydrogen-bond acceptors (Lipinski definition) is 4. The number of aliphatic hydroxyl groups excluding tert-OH is 1. The van der Waals surface area contributed by atoms with Crippen LogP contribution in [-0.4, -0.2) is 53.2 Å². The number of aliphatic hydroxyl groups is 1. The first-order valence-corrected chi connectivity index (χ1v) is 11.1. The predicted molar refractivity (Wildman–Crippen MR) is 119 cm³/mol. The Morgan fingerprint density at radius 1 is 1.17 bits per heavy atom. The van der Waals surface area contributed by atoms with Crippen LogP contribution < -0.4 is 0 Å². The fourth-order valence-electron chi connectivity index (χ4n) is 5.41. The van der Waals surface area contributed by atoms with E-state index in [1.165, 1.54) is 28.4 Å². The fraction of sp³-hybridized carbons (Fsp3) is 0.480. The van der Waals surface area contributed by atoms with Gasteiger partial charge in [-0.2, -0.15) is 0 Å². The van der Waals surface area contributed by atoms with Crippen molar-refractivity contribution in [3.05, 3.63) is 47.0 Å². The molecule has 1 N–H and O–H groups in total. The molecule has 5 heteroatoms. The maximum absolute atomic E-state index is 12.0. The van der Waals surface area contributed by atoms with Crippen molar-refractivity contribution in [2.75, 3.05) is 26.7 Å². The van der Waals surface area contributed by atoms with Crippen LogP contribution in [0.2, 0.25) is 0 Å². The van der Waals surface area contributed by atoms with Crippen LogP contribution in [0.15, 0.2) is 30.3 Å². The molecule has 2 aromatic carbocycles. The number of methoxy groups -OCH3 is 1. The van der Waals surface area contributed by atoms with Gasteiger partial charge in [0, 0.05) is 54.1 Å². The highest BCUT2D eigenvalue weighted by Gasteiger charge is 2.26. The number of Topliss-reactive ketones (excluding diaryl/α,β-unsaturated/α-hetero) is 1. The van der Waals surface area contributed by atoms with Crippen molar-refractivity contribution < 1.29 is 14.6 Å². The van der Waals surface area contributed by atoms with Crippen molar-refractivity contribution in [2.24, 2.45) is 0 Å². The lowest BCUT2D eigenvalue weighted by atomic mass is 10.0. The van der Waals surface area contributed by atoms with Gasteiger partial charge in [-0.15, -0.1) is 0 Å². The largest absolute Gasteiger partial charge is 0.388 e. The number of likely N-dealkylation sites (tertiary alicyclic amines) is 1. The van der Waals surface area contributed by atoms with Gasteiger partial charge in [-0.3, -0.25) is 9.69 Å². The Labute approximate surface area is 177 Å². The molecule has 1 aliphatic heterocycles. The molecule has 2 atom stereocenters. The zero-order chi connectivity index (χ0) is 20.8. The summed E-state index contributed by atoms with van der Waals surface area (Å²) in [6.07, 6.45) is 3.94. The number of hydrogen-bond donors (Lipinski definition) is 1. The zero-order valence-corrected chi connectivity index (χ0v) is 17.9. The molecule has 1 saturated heterocycles. The molecular weight excluding hydrogens is 376 g/mol. The van der Waals surface area contributed by atoms with Gasteiger partial charge in [-0.25, -0.2) is 0 Å². The zero-order valence-electron chi connectivity index (χ0n) is 17.9. The second-order valence-electron chi connectivity index (χ2n) is 8.82. The molecule has 3 aromatic rings. The van der Waals surface area contributed by atoms with E-state index in [0.29, 0.717) is 6.10 Å². The van der Waals surface area contributed by atoms with E-state index >= 15 is 0 Å². The quantitative estimate of drug-likeness (QED) is 0.649. The summed E-state index contributed by atoms with van der Waals surface area (Å²) in [7, 11) is 1.81. The molecule has 0 spiro atoms.